The summed E-state index contributed by atoms with van der Waals surface area (Å²) in [7, 11) is 1.47. The molecule has 0 spiro atoms. The van der Waals surface area contributed by atoms with Crippen LogP contribution in [0, 0.1) is 5.41 Å². The van der Waals surface area contributed by atoms with E-state index in [-0.39, 0.29) is 24.8 Å². The molecular weight excluding hydrogens is 324 g/mol. The quantitative estimate of drug-likeness (QED) is 0.876. The first-order valence-corrected chi connectivity index (χ1v) is 8.05. The molecule has 1 atom stereocenters. The van der Waals surface area contributed by atoms with E-state index in [1.54, 1.807) is 0 Å². The van der Waals surface area contributed by atoms with Crippen molar-refractivity contribution < 1.29 is 19.4 Å². The number of hydrogen-bond donors (Lipinski definition) is 1. The Labute approximate surface area is 145 Å². The van der Waals surface area contributed by atoms with Crippen molar-refractivity contribution in [2.45, 2.75) is 12.8 Å². The van der Waals surface area contributed by atoms with Crippen LogP contribution < -0.4 is 0 Å². The van der Waals surface area contributed by atoms with E-state index in [1.165, 1.54) is 23.0 Å². The topological polar surface area (TPSA) is 97.5 Å². The number of carboxylic acid groups (broad SMARTS) is 1. The van der Waals surface area contributed by atoms with Crippen LogP contribution in [-0.4, -0.2) is 63.7 Å². The molecule has 2 aromatic rings. The highest BCUT2D eigenvalue weighted by molar-refractivity contribution is 5.92. The van der Waals surface area contributed by atoms with Gasteiger partial charge in [-0.1, -0.05) is 18.2 Å². The lowest BCUT2D eigenvalue weighted by atomic mass is 9.80. The Hall–Kier alpha value is -2.74. The Bertz CT molecular complexity index is 757. The van der Waals surface area contributed by atoms with Gasteiger partial charge in [-0.15, -0.1) is 5.10 Å². The molecule has 1 unspecified atom stereocenters. The number of carbonyl (C=O) groups is 2. The molecule has 132 valence electrons. The predicted molar refractivity (Wildman–Crippen MR) is 88.4 cm³/mol. The number of benzene rings is 1. The smallest absolute Gasteiger partial charge is 0.313 e. The number of carbonyl (C=O) groups excluding carboxylic acids is 1. The number of likely N-dealkylation sites (tertiary alicyclic amines) is 1. The Balaban J connectivity index is 1.79. The number of nitrogens with zero attached hydrogens (tertiary/aromatic N) is 4. The van der Waals surface area contributed by atoms with Crippen molar-refractivity contribution in [3.63, 3.8) is 0 Å². The molecule has 1 N–H and O–H groups in total. The molecule has 1 amide bonds. The normalized spacial score (nSPS) is 20.4. The minimum atomic E-state index is -1.07. The molecule has 1 aliphatic rings. The maximum absolute atomic E-state index is 12.7. The van der Waals surface area contributed by atoms with Crippen LogP contribution in [0.1, 0.15) is 23.3 Å². The van der Waals surface area contributed by atoms with Crippen LogP contribution in [-0.2, 0) is 9.53 Å². The molecule has 25 heavy (non-hydrogen) atoms. The summed E-state index contributed by atoms with van der Waals surface area (Å²) < 4.78 is 5.09. The van der Waals surface area contributed by atoms with E-state index in [1.807, 2.05) is 30.3 Å². The maximum atomic E-state index is 12.7. The zero-order valence-corrected chi connectivity index (χ0v) is 14.0. The van der Waals surface area contributed by atoms with Crippen LogP contribution >= 0.6 is 0 Å². The first-order valence-electron chi connectivity index (χ1n) is 8.05. The molecule has 1 aliphatic heterocycles. The van der Waals surface area contributed by atoms with Crippen molar-refractivity contribution in [2.24, 2.45) is 5.41 Å². The standard InChI is InChI=1S/C17H20N4O4/c1-25-12-17(16(23)24)8-5-9-20(11-17)15(22)14-10-18-21(19-14)13-6-3-2-4-7-13/h2-4,6-7,10H,5,8-9,11-12H2,1H3,(H,23,24). The average Bonchev–Trinajstić information content (AvgIpc) is 3.12. The molecule has 1 aromatic heterocycles. The minimum absolute atomic E-state index is 0.0722. The van der Waals surface area contributed by atoms with E-state index < -0.39 is 11.4 Å². The number of methoxy groups -OCH3 is 1. The lowest BCUT2D eigenvalue weighted by Crippen LogP contribution is -2.52. The van der Waals surface area contributed by atoms with Crippen LogP contribution in [0.3, 0.4) is 0 Å². The van der Waals surface area contributed by atoms with Gasteiger partial charge >= 0.3 is 5.97 Å². The van der Waals surface area contributed by atoms with Crippen LogP contribution in [0.5, 0.6) is 0 Å². The molecule has 0 saturated carbocycles. The molecule has 1 saturated heterocycles. The number of aromatic nitrogens is 3. The Morgan fingerprint density at radius 1 is 1.32 bits per heavy atom. The number of carboxylic acids is 1. The third-order valence-corrected chi connectivity index (χ3v) is 4.44. The summed E-state index contributed by atoms with van der Waals surface area (Å²) in [6.07, 6.45) is 2.49. The molecule has 1 aromatic carbocycles. The number of hydrogen-bond acceptors (Lipinski definition) is 5. The zero-order chi connectivity index (χ0) is 17.9. The Morgan fingerprint density at radius 3 is 2.76 bits per heavy atom. The highest BCUT2D eigenvalue weighted by Gasteiger charge is 2.44. The average molecular weight is 344 g/mol. The van der Waals surface area contributed by atoms with E-state index in [0.29, 0.717) is 19.4 Å². The van der Waals surface area contributed by atoms with Gasteiger partial charge in [0.1, 0.15) is 5.41 Å². The van der Waals surface area contributed by atoms with E-state index in [9.17, 15) is 14.7 Å². The van der Waals surface area contributed by atoms with Crippen LogP contribution in [0.15, 0.2) is 36.5 Å². The van der Waals surface area contributed by atoms with E-state index in [2.05, 4.69) is 10.2 Å². The lowest BCUT2D eigenvalue weighted by Gasteiger charge is -2.39. The third-order valence-electron chi connectivity index (χ3n) is 4.44. The van der Waals surface area contributed by atoms with Gasteiger partial charge in [0.25, 0.3) is 5.91 Å². The largest absolute Gasteiger partial charge is 0.481 e. The number of amides is 1. The van der Waals surface area contributed by atoms with Crippen molar-refractivity contribution in [3.05, 3.63) is 42.2 Å². The van der Waals surface area contributed by atoms with Crippen LogP contribution in [0.4, 0.5) is 0 Å². The molecule has 0 bridgehead atoms. The molecular formula is C17H20N4O4. The summed E-state index contributed by atoms with van der Waals surface area (Å²) >= 11 is 0. The van der Waals surface area contributed by atoms with Gasteiger partial charge in [-0.2, -0.15) is 9.90 Å². The number of aliphatic carboxylic acids is 1. The molecule has 3 rings (SSSR count). The van der Waals surface area contributed by atoms with Crippen molar-refractivity contribution >= 4 is 11.9 Å². The van der Waals surface area contributed by atoms with Gasteiger partial charge in [0.2, 0.25) is 0 Å². The second-order valence-corrected chi connectivity index (χ2v) is 6.20. The molecule has 0 aliphatic carbocycles. The molecule has 0 radical (unpaired) electrons. The minimum Gasteiger partial charge on any atom is -0.481 e. The summed E-state index contributed by atoms with van der Waals surface area (Å²) in [6, 6.07) is 9.27. The monoisotopic (exact) mass is 344 g/mol. The summed E-state index contributed by atoms with van der Waals surface area (Å²) in [6.45, 7) is 0.672. The van der Waals surface area contributed by atoms with Gasteiger partial charge in [-0.3, -0.25) is 9.59 Å². The summed E-state index contributed by atoms with van der Waals surface area (Å²) in [5, 5.41) is 17.9. The van der Waals surface area contributed by atoms with Gasteiger partial charge in [0, 0.05) is 20.2 Å². The number of rotatable bonds is 5. The highest BCUT2D eigenvalue weighted by Crippen LogP contribution is 2.31. The van der Waals surface area contributed by atoms with E-state index >= 15 is 0 Å². The van der Waals surface area contributed by atoms with Crippen molar-refractivity contribution in [1.82, 2.24) is 19.9 Å². The predicted octanol–water partition coefficient (Wildman–Crippen LogP) is 1.22. The maximum Gasteiger partial charge on any atom is 0.313 e. The van der Waals surface area contributed by atoms with Crippen molar-refractivity contribution in [3.8, 4) is 5.69 Å². The molecule has 1 fully saturated rings. The highest BCUT2D eigenvalue weighted by atomic mass is 16.5. The first kappa shape index (κ1) is 17.1. The molecule has 8 heteroatoms. The second kappa shape index (κ2) is 7.02. The van der Waals surface area contributed by atoms with Crippen molar-refractivity contribution in [1.29, 1.82) is 0 Å². The Kier molecular flexibility index (Phi) is 4.80. The fourth-order valence-electron chi connectivity index (χ4n) is 3.14. The Morgan fingerprint density at radius 2 is 2.08 bits per heavy atom. The number of para-hydroxylation sites is 1. The van der Waals surface area contributed by atoms with Crippen LogP contribution in [0.25, 0.3) is 5.69 Å². The zero-order valence-electron chi connectivity index (χ0n) is 14.0. The number of piperidine rings is 1. The summed E-state index contributed by atoms with van der Waals surface area (Å²) in [5.74, 6) is -1.26. The fraction of sp³-hybridized carbons (Fsp3) is 0.412. The lowest BCUT2D eigenvalue weighted by molar-refractivity contribution is -0.155. The number of ether oxygens (including phenoxy) is 1. The van der Waals surface area contributed by atoms with Gasteiger partial charge in [-0.05, 0) is 25.0 Å². The first-order chi connectivity index (χ1) is 12.1. The van der Waals surface area contributed by atoms with Gasteiger partial charge in [0.15, 0.2) is 5.69 Å². The van der Waals surface area contributed by atoms with Gasteiger partial charge < -0.3 is 14.7 Å². The van der Waals surface area contributed by atoms with E-state index in [4.69, 9.17) is 4.74 Å². The molecule has 8 nitrogen and oxygen atoms in total. The van der Waals surface area contributed by atoms with E-state index in [0.717, 1.165) is 5.69 Å². The third kappa shape index (κ3) is 3.39. The van der Waals surface area contributed by atoms with Gasteiger partial charge in [-0.25, -0.2) is 0 Å². The SMILES string of the molecule is COCC1(C(=O)O)CCCN(C(=O)c2cnn(-c3ccccc3)n2)C1. The summed E-state index contributed by atoms with van der Waals surface area (Å²) in [5.41, 5.74) is -0.125. The fourth-order valence-corrected chi connectivity index (χ4v) is 3.14. The van der Waals surface area contributed by atoms with Crippen molar-refractivity contribution in [2.75, 3.05) is 26.8 Å². The molecule has 2 heterocycles. The van der Waals surface area contributed by atoms with Crippen LogP contribution in [0.2, 0.25) is 0 Å². The second-order valence-electron chi connectivity index (χ2n) is 6.20. The van der Waals surface area contributed by atoms with Gasteiger partial charge in [0.05, 0.1) is 18.5 Å². The summed E-state index contributed by atoms with van der Waals surface area (Å²) in [4.78, 5) is 27.4.